The van der Waals surface area contributed by atoms with Crippen LogP contribution in [0.15, 0.2) is 29.6 Å². The number of piperidine rings is 1. The zero-order valence-electron chi connectivity index (χ0n) is 21.9. The summed E-state index contributed by atoms with van der Waals surface area (Å²) < 4.78 is 6.45. The molecule has 1 aromatic carbocycles. The van der Waals surface area contributed by atoms with E-state index in [1.807, 2.05) is 4.90 Å². The van der Waals surface area contributed by atoms with E-state index < -0.39 is 5.60 Å². The fourth-order valence-corrected chi connectivity index (χ4v) is 7.20. The van der Waals surface area contributed by atoms with E-state index in [4.69, 9.17) is 10.5 Å². The van der Waals surface area contributed by atoms with Gasteiger partial charge in [0, 0.05) is 50.0 Å². The number of nitrogens with one attached hydrogen (secondary N) is 1. The Morgan fingerprint density at radius 1 is 1.22 bits per heavy atom. The first-order chi connectivity index (χ1) is 17.5. The van der Waals surface area contributed by atoms with Crippen LogP contribution in [0, 0.1) is 11.8 Å². The Labute approximate surface area is 220 Å². The molecule has 0 spiro atoms. The maximum absolute atomic E-state index is 13.1. The third-order valence-corrected chi connectivity index (χ3v) is 9.26. The molecule has 3 atom stereocenters. The molecule has 1 aliphatic carbocycles. The number of urea groups is 1. The summed E-state index contributed by atoms with van der Waals surface area (Å²) >= 11 is 1.71. The molecule has 1 saturated carbocycles. The lowest BCUT2D eigenvalue weighted by Gasteiger charge is -2.43. The lowest BCUT2D eigenvalue weighted by molar-refractivity contribution is -0.0551. The van der Waals surface area contributed by atoms with E-state index >= 15 is 0 Å². The van der Waals surface area contributed by atoms with Gasteiger partial charge < -0.3 is 25.8 Å². The Balaban J connectivity index is 1.41. The molecule has 1 aliphatic heterocycles. The molecule has 2 unspecified atom stereocenters. The van der Waals surface area contributed by atoms with Crippen LogP contribution >= 0.6 is 11.3 Å². The van der Waals surface area contributed by atoms with Crippen LogP contribution in [-0.2, 0) is 10.3 Å². The predicted octanol–water partition coefficient (Wildman–Crippen LogP) is 5.62. The van der Waals surface area contributed by atoms with E-state index in [9.17, 15) is 9.90 Å². The Hall–Kier alpha value is -1.67. The van der Waals surface area contributed by atoms with Crippen LogP contribution in [0.3, 0.4) is 0 Å². The first-order valence-electron chi connectivity index (χ1n) is 14.0. The normalized spacial score (nSPS) is 21.9. The number of carbonyl (C=O) groups is 1. The maximum atomic E-state index is 13.1. The molecule has 2 aliphatic rings. The van der Waals surface area contributed by atoms with Gasteiger partial charge in [0.25, 0.3) is 0 Å². The van der Waals surface area contributed by atoms with E-state index in [0.717, 1.165) is 49.6 Å². The molecule has 0 radical (unpaired) electrons. The summed E-state index contributed by atoms with van der Waals surface area (Å²) in [5.41, 5.74) is 6.41. The highest BCUT2D eigenvalue weighted by atomic mass is 32.1. The summed E-state index contributed by atoms with van der Waals surface area (Å²) in [5, 5.41) is 18.6. The van der Waals surface area contributed by atoms with Crippen molar-refractivity contribution in [1.29, 1.82) is 0 Å². The van der Waals surface area contributed by atoms with Gasteiger partial charge in [-0.3, -0.25) is 0 Å². The van der Waals surface area contributed by atoms with Crippen molar-refractivity contribution in [3.63, 3.8) is 0 Å². The van der Waals surface area contributed by atoms with Gasteiger partial charge in [-0.1, -0.05) is 44.2 Å². The number of nitrogens with two attached hydrogens (primary N) is 1. The van der Waals surface area contributed by atoms with Gasteiger partial charge in [-0.05, 0) is 72.9 Å². The summed E-state index contributed by atoms with van der Waals surface area (Å²) in [6, 6.07) is 8.33. The fraction of sp³-hybridized carbons (Fsp3) is 0.690. The van der Waals surface area contributed by atoms with Crippen molar-refractivity contribution in [3.05, 3.63) is 35.2 Å². The minimum atomic E-state index is -0.981. The van der Waals surface area contributed by atoms with Gasteiger partial charge >= 0.3 is 6.03 Å². The van der Waals surface area contributed by atoms with Gasteiger partial charge in [-0.2, -0.15) is 0 Å². The largest absolute Gasteiger partial charge is 0.385 e. The summed E-state index contributed by atoms with van der Waals surface area (Å²) in [7, 11) is 1.72. The van der Waals surface area contributed by atoms with Gasteiger partial charge in [0.05, 0.1) is 5.60 Å². The van der Waals surface area contributed by atoms with Crippen LogP contribution in [0.2, 0.25) is 0 Å². The van der Waals surface area contributed by atoms with E-state index in [2.05, 4.69) is 35.0 Å². The SMILES string of the molecule is COCCCC[C@@](O)(c1cccc2sccc12)C1CCCN(C(=O)NCC(N)CC2CCCCC2)C1. The molecule has 4 N–H and O–H groups in total. The molecular weight excluding hydrogens is 470 g/mol. The van der Waals surface area contributed by atoms with Crippen LogP contribution < -0.4 is 11.1 Å². The average Bonchev–Trinajstić information content (AvgIpc) is 3.39. The third kappa shape index (κ3) is 6.80. The monoisotopic (exact) mass is 515 g/mol. The second kappa shape index (κ2) is 13.2. The second-order valence-corrected chi connectivity index (χ2v) is 11.9. The number of benzene rings is 1. The number of methoxy groups -OCH3 is 1. The number of nitrogens with zero attached hydrogens (tertiary/aromatic N) is 1. The Morgan fingerprint density at radius 3 is 2.86 bits per heavy atom. The molecule has 2 fully saturated rings. The Bertz CT molecular complexity index is 960. The number of rotatable bonds is 11. The standard InChI is InChI=1S/C29H45N3O3S/c1-35-17-6-5-15-29(34,26-12-7-13-27-25(26)14-18-36-27)23-11-8-16-32(21-23)28(33)31-20-24(30)19-22-9-3-2-4-10-22/h7,12-14,18,22-24,34H,2-6,8-11,15-17,19-21,30H2,1H3,(H,31,33)/t23?,24?,29-/m0/s1. The van der Waals surface area contributed by atoms with E-state index in [-0.39, 0.29) is 18.0 Å². The van der Waals surface area contributed by atoms with Crippen molar-refractivity contribution in [1.82, 2.24) is 10.2 Å². The lowest BCUT2D eigenvalue weighted by Crippen LogP contribution is -2.52. The van der Waals surface area contributed by atoms with Gasteiger partial charge in [0.2, 0.25) is 0 Å². The highest BCUT2D eigenvalue weighted by molar-refractivity contribution is 7.17. The predicted molar refractivity (Wildman–Crippen MR) is 148 cm³/mol. The zero-order chi connectivity index (χ0) is 25.4. The number of carbonyl (C=O) groups excluding carboxylic acids is 1. The van der Waals surface area contributed by atoms with Crippen molar-refractivity contribution in [2.24, 2.45) is 17.6 Å². The molecule has 7 heteroatoms. The molecule has 36 heavy (non-hydrogen) atoms. The fourth-order valence-electron chi connectivity index (χ4n) is 6.39. The summed E-state index contributed by atoms with van der Waals surface area (Å²) in [6.07, 6.45) is 11.8. The molecule has 1 aromatic heterocycles. The van der Waals surface area contributed by atoms with Crippen LogP contribution in [0.25, 0.3) is 10.1 Å². The van der Waals surface area contributed by atoms with Crippen molar-refractivity contribution in [3.8, 4) is 0 Å². The molecule has 2 aromatic rings. The van der Waals surface area contributed by atoms with Crippen LogP contribution in [-0.4, -0.2) is 55.4 Å². The summed E-state index contributed by atoms with van der Waals surface area (Å²) in [6.45, 7) is 2.50. The van der Waals surface area contributed by atoms with Gasteiger partial charge in [0.1, 0.15) is 0 Å². The number of amides is 2. The number of likely N-dealkylation sites (tertiary alicyclic amines) is 1. The Kier molecular flexibility index (Phi) is 10.1. The van der Waals surface area contributed by atoms with Crippen molar-refractivity contribution in [2.75, 3.05) is 33.4 Å². The molecule has 200 valence electrons. The summed E-state index contributed by atoms with van der Waals surface area (Å²) in [5.74, 6) is 0.693. The van der Waals surface area contributed by atoms with Gasteiger partial charge in [0.15, 0.2) is 0 Å². The number of thiophene rings is 1. The lowest BCUT2D eigenvalue weighted by atomic mass is 9.73. The zero-order valence-corrected chi connectivity index (χ0v) is 22.7. The Morgan fingerprint density at radius 2 is 2.06 bits per heavy atom. The van der Waals surface area contributed by atoms with Crippen molar-refractivity contribution >= 4 is 27.5 Å². The second-order valence-electron chi connectivity index (χ2n) is 11.0. The topological polar surface area (TPSA) is 87.8 Å². The number of fused-ring (bicyclic) bond motifs is 1. The van der Waals surface area contributed by atoms with E-state index in [1.165, 1.54) is 36.8 Å². The molecule has 4 rings (SSSR count). The number of ether oxygens (including phenoxy) is 1. The molecule has 1 saturated heterocycles. The molecule has 2 heterocycles. The first kappa shape index (κ1) is 27.4. The van der Waals surface area contributed by atoms with E-state index in [1.54, 1.807) is 18.4 Å². The van der Waals surface area contributed by atoms with Crippen LogP contribution in [0.4, 0.5) is 4.79 Å². The molecule has 6 nitrogen and oxygen atoms in total. The number of aliphatic hydroxyl groups is 1. The first-order valence-corrected chi connectivity index (χ1v) is 14.9. The van der Waals surface area contributed by atoms with Crippen LogP contribution in [0.5, 0.6) is 0 Å². The van der Waals surface area contributed by atoms with Crippen molar-refractivity contribution in [2.45, 2.75) is 82.3 Å². The smallest absolute Gasteiger partial charge is 0.317 e. The number of hydrogen-bond donors (Lipinski definition) is 3. The number of hydrogen-bond acceptors (Lipinski definition) is 5. The number of unbranched alkanes of at least 4 members (excludes halogenated alkanes) is 1. The van der Waals surface area contributed by atoms with Gasteiger partial charge in [-0.25, -0.2) is 4.79 Å². The quantitative estimate of drug-likeness (QED) is 0.339. The highest BCUT2D eigenvalue weighted by Crippen LogP contribution is 2.43. The maximum Gasteiger partial charge on any atom is 0.317 e. The molecular formula is C29H45N3O3S. The van der Waals surface area contributed by atoms with Gasteiger partial charge in [-0.15, -0.1) is 11.3 Å². The molecule has 0 bridgehead atoms. The highest BCUT2D eigenvalue weighted by Gasteiger charge is 2.42. The van der Waals surface area contributed by atoms with Crippen molar-refractivity contribution < 1.29 is 14.6 Å². The van der Waals surface area contributed by atoms with E-state index in [0.29, 0.717) is 32.0 Å². The average molecular weight is 516 g/mol. The third-order valence-electron chi connectivity index (χ3n) is 8.38. The minimum Gasteiger partial charge on any atom is -0.385 e. The van der Waals surface area contributed by atoms with Crippen LogP contribution in [0.1, 0.15) is 76.2 Å². The summed E-state index contributed by atoms with van der Waals surface area (Å²) in [4.78, 5) is 15.0. The minimum absolute atomic E-state index is 0.00606. The molecule has 2 amide bonds.